The number of carboxylic acids is 1. The fourth-order valence-corrected chi connectivity index (χ4v) is 1.54. The molecule has 0 bridgehead atoms. The van der Waals surface area contributed by atoms with E-state index in [4.69, 9.17) is 9.84 Å². The Morgan fingerprint density at radius 2 is 1.86 bits per heavy atom. The number of hydrogen-bond acceptors (Lipinski definition) is 4. The summed E-state index contributed by atoms with van der Waals surface area (Å²) in [6.45, 7) is 4.97. The molecule has 1 aromatic rings. The Morgan fingerprint density at radius 1 is 1.27 bits per heavy atom. The van der Waals surface area contributed by atoms with Gasteiger partial charge in [-0.3, -0.25) is 5.32 Å². The average Bonchev–Trinajstić information content (AvgIpc) is 2.29. The third-order valence-corrected chi connectivity index (χ3v) is 2.44. The van der Waals surface area contributed by atoms with E-state index in [1.54, 1.807) is 20.8 Å². The van der Waals surface area contributed by atoms with E-state index in [0.29, 0.717) is 0 Å². The zero-order chi connectivity index (χ0) is 17.1. The molecule has 0 aliphatic carbocycles. The quantitative estimate of drug-likeness (QED) is 0.742. The van der Waals surface area contributed by atoms with Crippen LogP contribution in [0.3, 0.4) is 0 Å². The van der Waals surface area contributed by atoms with Gasteiger partial charge in [0.2, 0.25) is 0 Å². The second kappa shape index (κ2) is 6.17. The van der Waals surface area contributed by atoms with Crippen LogP contribution in [0.2, 0.25) is 0 Å². The molecule has 1 amide bonds. The third-order valence-electron chi connectivity index (χ3n) is 2.44. The minimum absolute atomic E-state index is 0.0309. The number of benzene rings is 1. The van der Waals surface area contributed by atoms with Gasteiger partial charge in [-0.2, -0.15) is 8.78 Å². The molecule has 0 radical (unpaired) electrons. The fourth-order valence-electron chi connectivity index (χ4n) is 1.54. The number of halogens is 2. The lowest BCUT2D eigenvalue weighted by Gasteiger charge is -2.20. The number of aromatic hydroxyl groups is 1. The van der Waals surface area contributed by atoms with E-state index < -0.39 is 35.8 Å². The zero-order valence-electron chi connectivity index (χ0n) is 12.3. The molecule has 1 aromatic carbocycles. The number of carboxylic acid groups (broad SMARTS) is 1. The zero-order valence-corrected chi connectivity index (χ0v) is 12.3. The van der Waals surface area contributed by atoms with Gasteiger partial charge < -0.3 is 14.9 Å². The molecule has 8 heteroatoms. The Bertz CT molecular complexity index is 581. The number of carbonyl (C=O) groups is 2. The summed E-state index contributed by atoms with van der Waals surface area (Å²) in [5.74, 6) is -6.65. The van der Waals surface area contributed by atoms with Crippen molar-refractivity contribution in [1.82, 2.24) is 0 Å². The van der Waals surface area contributed by atoms with E-state index in [1.165, 1.54) is 12.1 Å². The number of alkyl halides is 2. The van der Waals surface area contributed by atoms with E-state index in [0.717, 1.165) is 6.07 Å². The summed E-state index contributed by atoms with van der Waals surface area (Å²) in [5, 5.41) is 20.3. The topological polar surface area (TPSA) is 95.9 Å². The highest BCUT2D eigenvalue weighted by Gasteiger charge is 2.38. The van der Waals surface area contributed by atoms with Crippen molar-refractivity contribution in [3.05, 3.63) is 23.8 Å². The van der Waals surface area contributed by atoms with Crippen LogP contribution in [0.15, 0.2) is 18.2 Å². The molecule has 0 saturated heterocycles. The summed E-state index contributed by atoms with van der Waals surface area (Å²) < 4.78 is 31.2. The molecule has 0 saturated carbocycles. The van der Waals surface area contributed by atoms with Crippen molar-refractivity contribution >= 4 is 17.7 Å². The Labute approximate surface area is 125 Å². The number of hydrogen-bond donors (Lipinski definition) is 3. The van der Waals surface area contributed by atoms with Crippen molar-refractivity contribution in [1.29, 1.82) is 0 Å². The van der Waals surface area contributed by atoms with Crippen molar-refractivity contribution < 1.29 is 33.3 Å². The van der Waals surface area contributed by atoms with E-state index in [9.17, 15) is 23.5 Å². The second-order valence-corrected chi connectivity index (χ2v) is 5.66. The minimum Gasteiger partial charge on any atom is -0.506 e. The number of ether oxygens (including phenoxy) is 1. The highest BCUT2D eigenvalue weighted by molar-refractivity contribution is 5.87. The lowest BCUT2D eigenvalue weighted by atomic mass is 10.1. The first kappa shape index (κ1) is 17.7. The Morgan fingerprint density at radius 3 is 2.32 bits per heavy atom. The number of amides is 1. The predicted molar refractivity (Wildman–Crippen MR) is 74.3 cm³/mol. The average molecular weight is 317 g/mol. The fraction of sp³-hybridized carbons (Fsp3) is 0.429. The van der Waals surface area contributed by atoms with Crippen LogP contribution in [-0.4, -0.2) is 33.8 Å². The maximum atomic E-state index is 13.1. The Kier molecular flexibility index (Phi) is 4.95. The predicted octanol–water partition coefficient (Wildman–Crippen LogP) is 3.00. The van der Waals surface area contributed by atoms with Gasteiger partial charge in [0.1, 0.15) is 11.4 Å². The highest BCUT2D eigenvalue weighted by Crippen LogP contribution is 2.28. The maximum absolute atomic E-state index is 13.1. The number of rotatable bonds is 4. The van der Waals surface area contributed by atoms with E-state index in [1.807, 2.05) is 0 Å². The SMILES string of the molecule is CC(C)(C)OC(=O)Nc1ccc(CC(F)(F)C(=O)O)cc1O. The first-order valence-corrected chi connectivity index (χ1v) is 6.34. The molecular formula is C14H17F2NO5. The lowest BCUT2D eigenvalue weighted by molar-refractivity contribution is -0.164. The Hall–Kier alpha value is -2.38. The van der Waals surface area contributed by atoms with Gasteiger partial charge in [-0.05, 0) is 38.5 Å². The molecule has 0 aromatic heterocycles. The largest absolute Gasteiger partial charge is 0.506 e. The van der Waals surface area contributed by atoms with Gasteiger partial charge in [0.25, 0.3) is 0 Å². The summed E-state index contributed by atoms with van der Waals surface area (Å²) in [6.07, 6.45) is -1.88. The van der Waals surface area contributed by atoms with Crippen molar-refractivity contribution in [3.8, 4) is 5.75 Å². The summed E-state index contributed by atoms with van der Waals surface area (Å²) >= 11 is 0. The molecule has 0 atom stereocenters. The molecule has 22 heavy (non-hydrogen) atoms. The number of nitrogens with one attached hydrogen (secondary N) is 1. The van der Waals surface area contributed by atoms with Crippen LogP contribution in [0, 0.1) is 0 Å². The van der Waals surface area contributed by atoms with Crippen molar-refractivity contribution in [2.75, 3.05) is 5.32 Å². The molecule has 0 heterocycles. The van der Waals surface area contributed by atoms with Crippen LogP contribution >= 0.6 is 0 Å². The van der Waals surface area contributed by atoms with Gasteiger partial charge in [0.05, 0.1) is 5.69 Å². The smallest absolute Gasteiger partial charge is 0.412 e. The summed E-state index contributed by atoms with van der Waals surface area (Å²) in [7, 11) is 0. The third kappa shape index (κ3) is 5.19. The Balaban J connectivity index is 2.82. The number of phenolic OH excluding ortho intramolecular Hbond substituents is 1. The van der Waals surface area contributed by atoms with E-state index in [2.05, 4.69) is 5.32 Å². The molecule has 0 spiro atoms. The van der Waals surface area contributed by atoms with Crippen LogP contribution in [0.25, 0.3) is 0 Å². The van der Waals surface area contributed by atoms with Crippen molar-refractivity contribution in [2.45, 2.75) is 38.7 Å². The first-order valence-electron chi connectivity index (χ1n) is 6.34. The normalized spacial score (nSPS) is 11.9. The molecule has 0 aliphatic rings. The molecule has 122 valence electrons. The summed E-state index contributed by atoms with van der Waals surface area (Å²) in [6, 6.07) is 3.33. The maximum Gasteiger partial charge on any atom is 0.412 e. The standard InChI is InChI=1S/C14H17F2NO5/c1-13(2,3)22-12(21)17-9-5-4-8(6-10(9)18)7-14(15,16)11(19)20/h4-6,18H,7H2,1-3H3,(H,17,21)(H,19,20). The van der Waals surface area contributed by atoms with Crippen molar-refractivity contribution in [3.63, 3.8) is 0 Å². The first-order chi connectivity index (χ1) is 9.90. The van der Waals surface area contributed by atoms with Crippen molar-refractivity contribution in [2.24, 2.45) is 0 Å². The van der Waals surface area contributed by atoms with Gasteiger partial charge in [-0.25, -0.2) is 9.59 Å². The molecular weight excluding hydrogens is 300 g/mol. The van der Waals surface area contributed by atoms with Gasteiger partial charge in [0.15, 0.2) is 0 Å². The molecule has 0 unspecified atom stereocenters. The molecule has 1 rings (SSSR count). The van der Waals surface area contributed by atoms with Gasteiger partial charge in [-0.1, -0.05) is 6.07 Å². The number of anilines is 1. The molecule has 3 N–H and O–H groups in total. The van der Waals surface area contributed by atoms with E-state index >= 15 is 0 Å². The van der Waals surface area contributed by atoms with Gasteiger partial charge in [0, 0.05) is 6.42 Å². The van der Waals surface area contributed by atoms with Crippen LogP contribution in [0.1, 0.15) is 26.3 Å². The van der Waals surface area contributed by atoms with Crippen LogP contribution < -0.4 is 5.32 Å². The van der Waals surface area contributed by atoms with Crippen LogP contribution in [-0.2, 0) is 16.0 Å². The van der Waals surface area contributed by atoms with Gasteiger partial charge in [-0.15, -0.1) is 0 Å². The van der Waals surface area contributed by atoms with Crippen LogP contribution in [0.5, 0.6) is 5.75 Å². The number of aliphatic carboxylic acids is 1. The minimum atomic E-state index is -3.94. The monoisotopic (exact) mass is 317 g/mol. The van der Waals surface area contributed by atoms with E-state index in [-0.39, 0.29) is 11.3 Å². The molecule has 0 aliphatic heterocycles. The second-order valence-electron chi connectivity index (χ2n) is 5.66. The molecule has 6 nitrogen and oxygen atoms in total. The number of phenols is 1. The lowest BCUT2D eigenvalue weighted by Crippen LogP contribution is -2.30. The summed E-state index contributed by atoms with van der Waals surface area (Å²) in [4.78, 5) is 21.9. The highest BCUT2D eigenvalue weighted by atomic mass is 19.3. The van der Waals surface area contributed by atoms with Gasteiger partial charge >= 0.3 is 18.0 Å². The van der Waals surface area contributed by atoms with Crippen LogP contribution in [0.4, 0.5) is 19.3 Å². The summed E-state index contributed by atoms with van der Waals surface area (Å²) in [5.41, 5.74) is -0.848. The molecule has 0 fully saturated rings. The number of carbonyl (C=O) groups excluding carboxylic acids is 1.